The molecule has 2 aromatic rings. The van der Waals surface area contributed by atoms with Crippen LogP contribution in [0.1, 0.15) is 36.8 Å². The predicted octanol–water partition coefficient (Wildman–Crippen LogP) is 1.34. The lowest BCUT2D eigenvalue weighted by Crippen LogP contribution is -2.26. The molecule has 0 aliphatic heterocycles. The van der Waals surface area contributed by atoms with Gasteiger partial charge in [0.15, 0.2) is 11.3 Å². The third kappa shape index (κ3) is 3.20. The van der Waals surface area contributed by atoms with Crippen molar-refractivity contribution in [1.29, 1.82) is 5.26 Å². The van der Waals surface area contributed by atoms with Gasteiger partial charge in [0.2, 0.25) is 0 Å². The van der Waals surface area contributed by atoms with Crippen molar-refractivity contribution < 1.29 is 19.4 Å². The topological polar surface area (TPSA) is 118 Å². The standard InChI is InChI=1S/C14H14N4O4/c1-14(2,3)22-11(19)7-18-12-9(10(5-15)17-18)4-8(6-16-12)13(20)21/h4,6H,7H2,1-3H3,(H,20,21). The molecule has 0 amide bonds. The van der Waals surface area contributed by atoms with Crippen molar-refractivity contribution in [3.05, 3.63) is 23.5 Å². The van der Waals surface area contributed by atoms with Gasteiger partial charge in [-0.1, -0.05) is 0 Å². The highest BCUT2D eigenvalue weighted by atomic mass is 16.6. The lowest BCUT2D eigenvalue weighted by Gasteiger charge is -2.19. The average Bonchev–Trinajstić information content (AvgIpc) is 2.73. The molecule has 0 saturated heterocycles. The van der Waals surface area contributed by atoms with Gasteiger partial charge >= 0.3 is 11.9 Å². The molecular formula is C14H14N4O4. The molecule has 2 rings (SSSR count). The fourth-order valence-corrected chi connectivity index (χ4v) is 1.87. The first-order valence-corrected chi connectivity index (χ1v) is 6.43. The largest absolute Gasteiger partial charge is 0.478 e. The number of hydrogen-bond donors (Lipinski definition) is 1. The van der Waals surface area contributed by atoms with Crippen LogP contribution in [0.4, 0.5) is 0 Å². The molecule has 8 heteroatoms. The SMILES string of the molecule is CC(C)(C)OC(=O)Cn1nc(C#N)c2cc(C(=O)O)cnc21. The minimum Gasteiger partial charge on any atom is -0.478 e. The van der Waals surface area contributed by atoms with Crippen LogP contribution in [0.5, 0.6) is 0 Å². The fourth-order valence-electron chi connectivity index (χ4n) is 1.87. The van der Waals surface area contributed by atoms with Gasteiger partial charge in [-0.15, -0.1) is 0 Å². The number of hydrogen-bond acceptors (Lipinski definition) is 6. The number of esters is 1. The minimum atomic E-state index is -1.15. The maximum atomic E-state index is 11.9. The number of carboxylic acid groups (broad SMARTS) is 1. The Morgan fingerprint density at radius 3 is 2.68 bits per heavy atom. The second-order valence-corrected chi connectivity index (χ2v) is 5.60. The summed E-state index contributed by atoms with van der Waals surface area (Å²) >= 11 is 0. The summed E-state index contributed by atoms with van der Waals surface area (Å²) in [5, 5.41) is 22.3. The van der Waals surface area contributed by atoms with Crippen LogP contribution in [0, 0.1) is 11.3 Å². The summed E-state index contributed by atoms with van der Waals surface area (Å²) in [6.07, 6.45) is 1.15. The Balaban J connectivity index is 2.42. The number of aromatic nitrogens is 3. The van der Waals surface area contributed by atoms with Gasteiger partial charge < -0.3 is 9.84 Å². The van der Waals surface area contributed by atoms with Gasteiger partial charge in [0.1, 0.15) is 18.2 Å². The fraction of sp³-hybridized carbons (Fsp3) is 0.357. The molecule has 0 unspecified atom stereocenters. The van der Waals surface area contributed by atoms with Crippen LogP contribution < -0.4 is 0 Å². The maximum absolute atomic E-state index is 11.9. The molecule has 0 spiro atoms. The van der Waals surface area contributed by atoms with E-state index >= 15 is 0 Å². The molecule has 2 aromatic heterocycles. The summed E-state index contributed by atoms with van der Waals surface area (Å²) in [7, 11) is 0. The molecular weight excluding hydrogens is 288 g/mol. The highest BCUT2D eigenvalue weighted by molar-refractivity contribution is 5.93. The van der Waals surface area contributed by atoms with Crippen molar-refractivity contribution in [2.24, 2.45) is 0 Å². The summed E-state index contributed by atoms with van der Waals surface area (Å²) in [5.41, 5.74) is -0.426. The van der Waals surface area contributed by atoms with Crippen LogP contribution in [0.3, 0.4) is 0 Å². The molecule has 0 saturated carbocycles. The smallest absolute Gasteiger partial charge is 0.337 e. The van der Waals surface area contributed by atoms with Crippen molar-refractivity contribution in [3.63, 3.8) is 0 Å². The zero-order valence-electron chi connectivity index (χ0n) is 12.3. The third-order valence-corrected chi connectivity index (χ3v) is 2.64. The van der Waals surface area contributed by atoms with Gasteiger partial charge in [0, 0.05) is 6.20 Å². The van der Waals surface area contributed by atoms with E-state index in [-0.39, 0.29) is 28.8 Å². The molecule has 0 atom stereocenters. The number of ether oxygens (including phenoxy) is 1. The number of carbonyl (C=O) groups is 2. The van der Waals surface area contributed by atoms with Gasteiger partial charge in [0.25, 0.3) is 0 Å². The minimum absolute atomic E-state index is 0.00848. The first-order chi connectivity index (χ1) is 10.2. The molecule has 1 N–H and O–H groups in total. The molecule has 114 valence electrons. The Kier molecular flexibility index (Phi) is 3.82. The summed E-state index contributed by atoms with van der Waals surface area (Å²) in [6.45, 7) is 5.01. The number of nitriles is 1. The van der Waals surface area contributed by atoms with Crippen LogP contribution in [0.25, 0.3) is 11.0 Å². The summed E-state index contributed by atoms with van der Waals surface area (Å²) < 4.78 is 6.42. The molecule has 0 radical (unpaired) electrons. The van der Waals surface area contributed by atoms with E-state index in [2.05, 4.69) is 10.1 Å². The van der Waals surface area contributed by atoms with E-state index < -0.39 is 17.5 Å². The number of aromatic carboxylic acids is 1. The monoisotopic (exact) mass is 302 g/mol. The number of carbonyl (C=O) groups excluding carboxylic acids is 1. The highest BCUT2D eigenvalue weighted by Gasteiger charge is 2.20. The molecule has 0 aromatic carbocycles. The van der Waals surface area contributed by atoms with E-state index in [4.69, 9.17) is 15.1 Å². The Bertz CT molecular complexity index is 796. The highest BCUT2D eigenvalue weighted by Crippen LogP contribution is 2.18. The molecule has 2 heterocycles. The third-order valence-electron chi connectivity index (χ3n) is 2.64. The summed E-state index contributed by atoms with van der Waals surface area (Å²) in [4.78, 5) is 26.8. The Morgan fingerprint density at radius 1 is 1.45 bits per heavy atom. The number of nitrogens with zero attached hydrogens (tertiary/aromatic N) is 4. The zero-order chi connectivity index (χ0) is 16.5. The number of pyridine rings is 1. The first-order valence-electron chi connectivity index (χ1n) is 6.43. The molecule has 0 aliphatic carbocycles. The van der Waals surface area contributed by atoms with Gasteiger partial charge in [-0.25, -0.2) is 14.5 Å². The van der Waals surface area contributed by atoms with Crippen molar-refractivity contribution in [2.45, 2.75) is 32.9 Å². The Labute approximate surface area is 125 Å². The number of carboxylic acids is 1. The van der Waals surface area contributed by atoms with Crippen molar-refractivity contribution in [3.8, 4) is 6.07 Å². The van der Waals surface area contributed by atoms with Gasteiger partial charge in [0.05, 0.1) is 10.9 Å². The molecule has 0 fully saturated rings. The molecule has 0 bridgehead atoms. The van der Waals surface area contributed by atoms with Crippen molar-refractivity contribution in [1.82, 2.24) is 14.8 Å². The quantitative estimate of drug-likeness (QED) is 0.850. The van der Waals surface area contributed by atoms with Crippen LogP contribution >= 0.6 is 0 Å². The second-order valence-electron chi connectivity index (χ2n) is 5.60. The van der Waals surface area contributed by atoms with E-state index in [1.807, 2.05) is 6.07 Å². The summed E-state index contributed by atoms with van der Waals surface area (Å²) in [5.74, 6) is -1.68. The molecule has 22 heavy (non-hydrogen) atoms. The normalized spacial score (nSPS) is 11.2. The predicted molar refractivity (Wildman–Crippen MR) is 75.0 cm³/mol. The van der Waals surface area contributed by atoms with E-state index in [0.29, 0.717) is 0 Å². The van der Waals surface area contributed by atoms with Crippen molar-refractivity contribution in [2.75, 3.05) is 0 Å². The number of fused-ring (bicyclic) bond motifs is 1. The van der Waals surface area contributed by atoms with E-state index in [1.165, 1.54) is 10.7 Å². The van der Waals surface area contributed by atoms with E-state index in [1.54, 1.807) is 20.8 Å². The lowest BCUT2D eigenvalue weighted by molar-refractivity contribution is -0.155. The zero-order valence-corrected chi connectivity index (χ0v) is 12.3. The summed E-state index contributed by atoms with van der Waals surface area (Å²) in [6, 6.07) is 3.17. The van der Waals surface area contributed by atoms with E-state index in [0.717, 1.165) is 6.20 Å². The Hall–Kier alpha value is -2.95. The molecule has 8 nitrogen and oxygen atoms in total. The van der Waals surface area contributed by atoms with Crippen LogP contribution in [-0.4, -0.2) is 37.4 Å². The van der Waals surface area contributed by atoms with Gasteiger partial charge in [-0.05, 0) is 26.8 Å². The van der Waals surface area contributed by atoms with Gasteiger partial charge in [-0.3, -0.25) is 4.79 Å². The first kappa shape index (κ1) is 15.4. The average molecular weight is 302 g/mol. The van der Waals surface area contributed by atoms with Crippen LogP contribution in [-0.2, 0) is 16.1 Å². The van der Waals surface area contributed by atoms with E-state index in [9.17, 15) is 9.59 Å². The van der Waals surface area contributed by atoms with Crippen LogP contribution in [0.2, 0.25) is 0 Å². The molecule has 0 aliphatic rings. The Morgan fingerprint density at radius 2 is 2.14 bits per heavy atom. The van der Waals surface area contributed by atoms with Crippen molar-refractivity contribution >= 4 is 23.0 Å². The maximum Gasteiger partial charge on any atom is 0.337 e. The van der Waals surface area contributed by atoms with Crippen LogP contribution in [0.15, 0.2) is 12.3 Å². The lowest BCUT2D eigenvalue weighted by atomic mass is 10.2. The number of rotatable bonds is 3. The van der Waals surface area contributed by atoms with Gasteiger partial charge in [-0.2, -0.15) is 10.4 Å². The second kappa shape index (κ2) is 5.44.